The molecule has 0 amide bonds. The number of benzene rings is 1. The molecular weight excluding hydrogens is 378 g/mol. The molecule has 0 aliphatic rings. The van der Waals surface area contributed by atoms with Crippen LogP contribution in [-0.4, -0.2) is 19.5 Å². The van der Waals surface area contributed by atoms with Crippen LogP contribution < -0.4 is 4.72 Å². The number of sulfonamides is 1. The maximum absolute atomic E-state index is 12.4. The van der Waals surface area contributed by atoms with E-state index in [2.05, 4.69) is 20.7 Å². The maximum atomic E-state index is 12.4. The highest BCUT2D eigenvalue weighted by Crippen LogP contribution is 2.30. The lowest BCUT2D eigenvalue weighted by Gasteiger charge is -2.10. The molecule has 0 bridgehead atoms. The van der Waals surface area contributed by atoms with Crippen LogP contribution >= 0.6 is 27.3 Å². The number of halogens is 1. The number of anilines is 1. The molecule has 112 valence electrons. The number of aromatic carboxylic acids is 1. The van der Waals surface area contributed by atoms with Gasteiger partial charge < -0.3 is 5.11 Å². The lowest BCUT2D eigenvalue weighted by atomic mass is 10.2. The summed E-state index contributed by atoms with van der Waals surface area (Å²) in [5.74, 6) is -1.14. The number of rotatable bonds is 4. The van der Waals surface area contributed by atoms with Gasteiger partial charge in [0.25, 0.3) is 10.0 Å². The predicted molar refractivity (Wildman–Crippen MR) is 85.7 cm³/mol. The van der Waals surface area contributed by atoms with Crippen LogP contribution in [-0.2, 0) is 10.0 Å². The largest absolute Gasteiger partial charge is 0.477 e. The van der Waals surface area contributed by atoms with E-state index in [9.17, 15) is 13.2 Å². The van der Waals surface area contributed by atoms with Gasteiger partial charge in [-0.3, -0.25) is 4.72 Å². The lowest BCUT2D eigenvalue weighted by Crippen LogP contribution is -2.13. The van der Waals surface area contributed by atoms with E-state index in [4.69, 9.17) is 5.11 Å². The number of carboxylic acid groups (broad SMARTS) is 1. The molecule has 1 aromatic carbocycles. The molecule has 1 heterocycles. The molecule has 8 heteroatoms. The average Bonchev–Trinajstić information content (AvgIpc) is 2.77. The first kappa shape index (κ1) is 16.0. The fourth-order valence-electron chi connectivity index (χ4n) is 1.75. The Labute approximate surface area is 134 Å². The predicted octanol–water partition coefficient (Wildman–Crippen LogP) is 3.63. The van der Waals surface area contributed by atoms with Crippen molar-refractivity contribution in [2.45, 2.75) is 18.7 Å². The molecule has 2 aromatic rings. The fraction of sp³-hybridized carbons (Fsp3) is 0.154. The average molecular weight is 390 g/mol. The molecule has 1 aromatic heterocycles. The van der Waals surface area contributed by atoms with Gasteiger partial charge in [0, 0.05) is 9.35 Å². The van der Waals surface area contributed by atoms with Crippen molar-refractivity contribution in [1.29, 1.82) is 0 Å². The van der Waals surface area contributed by atoms with Gasteiger partial charge in [0.15, 0.2) is 0 Å². The molecule has 0 aliphatic carbocycles. The smallest absolute Gasteiger partial charge is 0.345 e. The first-order valence-electron chi connectivity index (χ1n) is 5.83. The van der Waals surface area contributed by atoms with Crippen molar-refractivity contribution in [2.75, 3.05) is 4.72 Å². The Bertz CT molecular complexity index is 812. The fourth-order valence-corrected chi connectivity index (χ4v) is 4.73. The van der Waals surface area contributed by atoms with Gasteiger partial charge in [0.2, 0.25) is 0 Å². The topological polar surface area (TPSA) is 83.5 Å². The minimum absolute atomic E-state index is 0.00353. The number of thiophene rings is 1. The summed E-state index contributed by atoms with van der Waals surface area (Å²) in [5, 5.41) is 8.95. The zero-order valence-electron chi connectivity index (χ0n) is 11.2. The van der Waals surface area contributed by atoms with E-state index >= 15 is 0 Å². The highest BCUT2D eigenvalue weighted by atomic mass is 79.9. The molecule has 0 aliphatic heterocycles. The van der Waals surface area contributed by atoms with E-state index < -0.39 is 16.0 Å². The molecule has 0 saturated carbocycles. The highest BCUT2D eigenvalue weighted by Gasteiger charge is 2.23. The normalized spacial score (nSPS) is 11.4. The number of carboxylic acids is 1. The Kier molecular flexibility index (Phi) is 4.40. The summed E-state index contributed by atoms with van der Waals surface area (Å²) in [4.78, 5) is 11.4. The number of hydrogen-bond donors (Lipinski definition) is 2. The first-order valence-corrected chi connectivity index (χ1v) is 8.92. The molecule has 0 unspecified atom stereocenters. The van der Waals surface area contributed by atoms with E-state index in [-0.39, 0.29) is 9.77 Å². The second kappa shape index (κ2) is 5.78. The molecule has 0 saturated heterocycles. The van der Waals surface area contributed by atoms with Crippen molar-refractivity contribution in [1.82, 2.24) is 0 Å². The van der Waals surface area contributed by atoms with Crippen molar-refractivity contribution < 1.29 is 18.3 Å². The number of carbonyl (C=O) groups is 1. The Morgan fingerprint density at radius 1 is 1.29 bits per heavy atom. The second-order valence-electron chi connectivity index (χ2n) is 4.43. The summed E-state index contributed by atoms with van der Waals surface area (Å²) in [6.45, 7) is 3.43. The molecule has 0 radical (unpaired) electrons. The molecule has 5 nitrogen and oxygen atoms in total. The summed E-state index contributed by atoms with van der Waals surface area (Å²) >= 11 is 4.22. The van der Waals surface area contributed by atoms with E-state index in [1.165, 1.54) is 6.07 Å². The number of aryl methyl sites for hydroxylation is 2. The van der Waals surface area contributed by atoms with Gasteiger partial charge in [0.1, 0.15) is 9.77 Å². The van der Waals surface area contributed by atoms with Gasteiger partial charge >= 0.3 is 5.97 Å². The summed E-state index contributed by atoms with van der Waals surface area (Å²) in [6, 6.07) is 6.46. The number of hydrogen-bond acceptors (Lipinski definition) is 4. The third-order valence-electron chi connectivity index (χ3n) is 2.74. The van der Waals surface area contributed by atoms with Gasteiger partial charge in [-0.2, -0.15) is 0 Å². The molecule has 21 heavy (non-hydrogen) atoms. The third kappa shape index (κ3) is 3.45. The van der Waals surface area contributed by atoms with Crippen LogP contribution in [0.15, 0.2) is 33.6 Å². The molecule has 0 atom stereocenters. The van der Waals surface area contributed by atoms with Crippen LogP contribution in [0.1, 0.15) is 20.1 Å². The standard InChI is InChI=1S/C13H12BrNO4S2/c1-7-3-4-9(14)10(5-7)15-21(18,19)12-6-11(13(16)17)20-8(12)2/h3-6,15H,1-2H3,(H,16,17). The monoisotopic (exact) mass is 389 g/mol. The van der Waals surface area contributed by atoms with E-state index in [1.54, 1.807) is 19.1 Å². The maximum Gasteiger partial charge on any atom is 0.345 e. The molecule has 0 spiro atoms. The highest BCUT2D eigenvalue weighted by molar-refractivity contribution is 9.10. The molecular formula is C13H12BrNO4S2. The summed E-state index contributed by atoms with van der Waals surface area (Å²) in [7, 11) is -3.83. The van der Waals surface area contributed by atoms with E-state index in [1.807, 2.05) is 13.0 Å². The summed E-state index contributed by atoms with van der Waals surface area (Å²) in [5.41, 5.74) is 1.32. The van der Waals surface area contributed by atoms with Gasteiger partial charge in [-0.05, 0) is 53.5 Å². The van der Waals surface area contributed by atoms with Crippen molar-refractivity contribution >= 4 is 48.9 Å². The van der Waals surface area contributed by atoms with Gasteiger partial charge in [0.05, 0.1) is 5.69 Å². The van der Waals surface area contributed by atoms with E-state index in [0.717, 1.165) is 16.9 Å². The Hall–Kier alpha value is -1.38. The minimum Gasteiger partial charge on any atom is -0.477 e. The van der Waals surface area contributed by atoms with Crippen LogP contribution in [0.2, 0.25) is 0 Å². The van der Waals surface area contributed by atoms with Crippen LogP contribution in [0.3, 0.4) is 0 Å². The Morgan fingerprint density at radius 2 is 1.95 bits per heavy atom. The van der Waals surface area contributed by atoms with E-state index in [0.29, 0.717) is 15.0 Å². The van der Waals surface area contributed by atoms with Crippen LogP contribution in [0.5, 0.6) is 0 Å². The first-order chi connectivity index (χ1) is 9.70. The van der Waals surface area contributed by atoms with Gasteiger partial charge in [-0.25, -0.2) is 13.2 Å². The number of nitrogens with one attached hydrogen (secondary N) is 1. The molecule has 2 rings (SSSR count). The van der Waals surface area contributed by atoms with Crippen molar-refractivity contribution in [3.05, 3.63) is 44.1 Å². The summed E-state index contributed by atoms with van der Waals surface area (Å²) in [6.07, 6.45) is 0. The lowest BCUT2D eigenvalue weighted by molar-refractivity contribution is 0.0702. The SMILES string of the molecule is Cc1ccc(Br)c(NS(=O)(=O)c2cc(C(=O)O)sc2C)c1. The third-order valence-corrected chi connectivity index (χ3v) is 6.09. The summed E-state index contributed by atoms with van der Waals surface area (Å²) < 4.78 is 27.9. The van der Waals surface area contributed by atoms with Crippen LogP contribution in [0, 0.1) is 13.8 Å². The van der Waals surface area contributed by atoms with Crippen LogP contribution in [0.25, 0.3) is 0 Å². The zero-order chi connectivity index (χ0) is 15.8. The molecule has 2 N–H and O–H groups in total. The van der Waals surface area contributed by atoms with Gasteiger partial charge in [-0.15, -0.1) is 11.3 Å². The van der Waals surface area contributed by atoms with Crippen molar-refractivity contribution in [3.8, 4) is 0 Å². The molecule has 0 fully saturated rings. The zero-order valence-corrected chi connectivity index (χ0v) is 14.4. The van der Waals surface area contributed by atoms with Crippen LogP contribution in [0.4, 0.5) is 5.69 Å². The second-order valence-corrected chi connectivity index (χ2v) is 8.19. The Balaban J connectivity index is 2.43. The Morgan fingerprint density at radius 3 is 2.52 bits per heavy atom. The quantitative estimate of drug-likeness (QED) is 0.835. The van der Waals surface area contributed by atoms with Crippen molar-refractivity contribution in [2.24, 2.45) is 0 Å². The van der Waals surface area contributed by atoms with Gasteiger partial charge in [-0.1, -0.05) is 6.07 Å². The van der Waals surface area contributed by atoms with Crippen molar-refractivity contribution in [3.63, 3.8) is 0 Å². The minimum atomic E-state index is -3.83.